The van der Waals surface area contributed by atoms with E-state index in [4.69, 9.17) is 10.3 Å². The first-order valence-corrected chi connectivity index (χ1v) is 5.70. The molecule has 2 aromatic heterocycles. The zero-order chi connectivity index (χ0) is 11.5. The normalized spacial score (nSPS) is 12.7. The first-order chi connectivity index (χ1) is 7.70. The van der Waals surface area contributed by atoms with Crippen LogP contribution in [0.1, 0.15) is 25.3 Å². The number of nitrogens with zero attached hydrogens (tertiary/aromatic N) is 3. The number of pyridine rings is 1. The molecule has 6 heteroatoms. The third-order valence-corrected chi connectivity index (χ3v) is 2.60. The lowest BCUT2D eigenvalue weighted by atomic mass is 10.2. The van der Waals surface area contributed by atoms with Gasteiger partial charge in [0.15, 0.2) is 0 Å². The quantitative estimate of drug-likeness (QED) is 0.935. The summed E-state index contributed by atoms with van der Waals surface area (Å²) >= 11 is 3.34. The second-order valence-electron chi connectivity index (χ2n) is 3.36. The average molecular weight is 283 g/mol. The molecule has 0 bridgehead atoms. The zero-order valence-electron chi connectivity index (χ0n) is 8.72. The number of aromatic nitrogens is 3. The van der Waals surface area contributed by atoms with Crippen molar-refractivity contribution in [3.8, 4) is 11.4 Å². The van der Waals surface area contributed by atoms with Gasteiger partial charge in [-0.05, 0) is 28.4 Å². The summed E-state index contributed by atoms with van der Waals surface area (Å²) in [5, 5.41) is 3.87. The summed E-state index contributed by atoms with van der Waals surface area (Å²) < 4.78 is 5.95. The number of nitrogens with two attached hydrogens (primary N) is 1. The van der Waals surface area contributed by atoms with Gasteiger partial charge < -0.3 is 10.3 Å². The average Bonchev–Trinajstić information content (AvgIpc) is 2.77. The lowest BCUT2D eigenvalue weighted by molar-refractivity contribution is 0.352. The van der Waals surface area contributed by atoms with Crippen LogP contribution in [-0.2, 0) is 0 Å². The highest BCUT2D eigenvalue weighted by molar-refractivity contribution is 9.10. The lowest BCUT2D eigenvalue weighted by Gasteiger charge is -1.99. The van der Waals surface area contributed by atoms with Crippen molar-refractivity contribution in [1.29, 1.82) is 0 Å². The van der Waals surface area contributed by atoms with Gasteiger partial charge in [-0.25, -0.2) is 0 Å². The van der Waals surface area contributed by atoms with Crippen LogP contribution in [0.15, 0.2) is 27.5 Å². The highest BCUT2D eigenvalue weighted by atomic mass is 79.9. The number of halogens is 1. The third kappa shape index (κ3) is 2.28. The number of hydrogen-bond acceptors (Lipinski definition) is 5. The Labute approximate surface area is 101 Å². The molecule has 0 aliphatic carbocycles. The van der Waals surface area contributed by atoms with Crippen LogP contribution in [0.5, 0.6) is 0 Å². The summed E-state index contributed by atoms with van der Waals surface area (Å²) in [4.78, 5) is 8.26. The standard InChI is InChI=1S/C10H11BrN4O/c1-2-8(12)10-14-9(15-16-10)6-3-7(11)5-13-4-6/h3-5,8H,2,12H2,1H3/t8-/m0/s1. The van der Waals surface area contributed by atoms with E-state index >= 15 is 0 Å². The van der Waals surface area contributed by atoms with Gasteiger partial charge in [0, 0.05) is 22.4 Å². The summed E-state index contributed by atoms with van der Waals surface area (Å²) in [6.45, 7) is 1.97. The van der Waals surface area contributed by atoms with Gasteiger partial charge in [0.05, 0.1) is 6.04 Å². The Morgan fingerprint density at radius 2 is 2.31 bits per heavy atom. The molecule has 0 fully saturated rings. The maximum atomic E-state index is 5.79. The van der Waals surface area contributed by atoms with Crippen LogP contribution in [0.25, 0.3) is 11.4 Å². The fourth-order valence-electron chi connectivity index (χ4n) is 1.21. The Bertz CT molecular complexity index is 485. The fraction of sp³-hybridized carbons (Fsp3) is 0.300. The van der Waals surface area contributed by atoms with Crippen molar-refractivity contribution >= 4 is 15.9 Å². The molecule has 2 heterocycles. The predicted octanol–water partition coefficient (Wildman–Crippen LogP) is 2.30. The van der Waals surface area contributed by atoms with Crippen molar-refractivity contribution in [2.24, 2.45) is 5.73 Å². The summed E-state index contributed by atoms with van der Waals surface area (Å²) in [6.07, 6.45) is 4.14. The van der Waals surface area contributed by atoms with Gasteiger partial charge >= 0.3 is 0 Å². The van der Waals surface area contributed by atoms with E-state index in [2.05, 4.69) is 31.1 Å². The van der Waals surface area contributed by atoms with Crippen LogP contribution in [0.2, 0.25) is 0 Å². The Morgan fingerprint density at radius 3 is 3.00 bits per heavy atom. The molecule has 0 aromatic carbocycles. The minimum absolute atomic E-state index is 0.207. The predicted molar refractivity (Wildman–Crippen MR) is 62.4 cm³/mol. The molecule has 2 rings (SSSR count). The van der Waals surface area contributed by atoms with Crippen LogP contribution in [-0.4, -0.2) is 15.1 Å². The highest BCUT2D eigenvalue weighted by Crippen LogP contribution is 2.20. The first-order valence-electron chi connectivity index (χ1n) is 4.90. The van der Waals surface area contributed by atoms with Crippen LogP contribution in [0.4, 0.5) is 0 Å². The molecule has 0 saturated heterocycles. The monoisotopic (exact) mass is 282 g/mol. The number of rotatable bonds is 3. The van der Waals surface area contributed by atoms with E-state index in [9.17, 15) is 0 Å². The molecule has 2 aromatic rings. The smallest absolute Gasteiger partial charge is 0.243 e. The van der Waals surface area contributed by atoms with E-state index < -0.39 is 0 Å². The molecule has 0 radical (unpaired) electrons. The molecule has 0 unspecified atom stereocenters. The van der Waals surface area contributed by atoms with Crippen LogP contribution in [0.3, 0.4) is 0 Å². The minimum atomic E-state index is -0.207. The van der Waals surface area contributed by atoms with E-state index in [-0.39, 0.29) is 6.04 Å². The van der Waals surface area contributed by atoms with E-state index in [0.29, 0.717) is 11.7 Å². The van der Waals surface area contributed by atoms with E-state index in [0.717, 1.165) is 16.5 Å². The van der Waals surface area contributed by atoms with Crippen molar-refractivity contribution in [1.82, 2.24) is 15.1 Å². The molecule has 1 atom stereocenters. The zero-order valence-corrected chi connectivity index (χ0v) is 10.3. The molecule has 0 spiro atoms. The second-order valence-corrected chi connectivity index (χ2v) is 4.28. The van der Waals surface area contributed by atoms with Gasteiger partial charge in [0.1, 0.15) is 0 Å². The summed E-state index contributed by atoms with van der Waals surface area (Å²) in [7, 11) is 0. The van der Waals surface area contributed by atoms with Crippen molar-refractivity contribution in [2.75, 3.05) is 0 Å². The van der Waals surface area contributed by atoms with Crippen molar-refractivity contribution in [2.45, 2.75) is 19.4 Å². The Balaban J connectivity index is 2.31. The Morgan fingerprint density at radius 1 is 1.50 bits per heavy atom. The first kappa shape index (κ1) is 11.2. The highest BCUT2D eigenvalue weighted by Gasteiger charge is 2.14. The molecule has 16 heavy (non-hydrogen) atoms. The van der Waals surface area contributed by atoms with E-state index in [1.807, 2.05) is 13.0 Å². The number of hydrogen-bond donors (Lipinski definition) is 1. The van der Waals surface area contributed by atoms with E-state index in [1.54, 1.807) is 12.4 Å². The maximum absolute atomic E-state index is 5.79. The SMILES string of the molecule is CC[C@H](N)c1nc(-c2cncc(Br)c2)no1. The largest absolute Gasteiger partial charge is 0.337 e. The minimum Gasteiger partial charge on any atom is -0.337 e. The van der Waals surface area contributed by atoms with Crippen LogP contribution >= 0.6 is 15.9 Å². The maximum Gasteiger partial charge on any atom is 0.243 e. The molecule has 5 nitrogen and oxygen atoms in total. The molecule has 0 saturated carbocycles. The summed E-state index contributed by atoms with van der Waals surface area (Å²) in [5.74, 6) is 0.963. The topological polar surface area (TPSA) is 77.8 Å². The third-order valence-electron chi connectivity index (χ3n) is 2.16. The Hall–Kier alpha value is -1.27. The fourth-order valence-corrected chi connectivity index (χ4v) is 1.58. The summed E-state index contributed by atoms with van der Waals surface area (Å²) in [5.41, 5.74) is 6.59. The molecular formula is C10H11BrN4O. The van der Waals surface area contributed by atoms with Gasteiger partial charge in [0.2, 0.25) is 11.7 Å². The molecule has 0 aliphatic rings. The van der Waals surface area contributed by atoms with Crippen molar-refractivity contribution in [3.05, 3.63) is 28.8 Å². The van der Waals surface area contributed by atoms with Gasteiger partial charge in [0.25, 0.3) is 0 Å². The van der Waals surface area contributed by atoms with Gasteiger partial charge in [-0.3, -0.25) is 4.98 Å². The summed E-state index contributed by atoms with van der Waals surface area (Å²) in [6, 6.07) is 1.67. The van der Waals surface area contributed by atoms with Crippen LogP contribution in [0, 0.1) is 0 Å². The molecule has 0 aliphatic heterocycles. The molecular weight excluding hydrogens is 272 g/mol. The van der Waals surface area contributed by atoms with Crippen LogP contribution < -0.4 is 5.73 Å². The molecule has 84 valence electrons. The Kier molecular flexibility index (Phi) is 3.31. The van der Waals surface area contributed by atoms with Crippen molar-refractivity contribution < 1.29 is 4.52 Å². The van der Waals surface area contributed by atoms with Crippen molar-refractivity contribution in [3.63, 3.8) is 0 Å². The second kappa shape index (κ2) is 4.71. The lowest BCUT2D eigenvalue weighted by Crippen LogP contribution is -2.08. The van der Waals surface area contributed by atoms with E-state index in [1.165, 1.54) is 0 Å². The van der Waals surface area contributed by atoms with Gasteiger partial charge in [-0.2, -0.15) is 4.98 Å². The van der Waals surface area contributed by atoms with Gasteiger partial charge in [-0.1, -0.05) is 12.1 Å². The molecule has 0 amide bonds. The molecule has 2 N–H and O–H groups in total. The van der Waals surface area contributed by atoms with Gasteiger partial charge in [-0.15, -0.1) is 0 Å².